The van der Waals surface area contributed by atoms with Crippen LogP contribution in [0.1, 0.15) is 19.3 Å². The van der Waals surface area contributed by atoms with Gasteiger partial charge >= 0.3 is 0 Å². The second-order valence-electron chi connectivity index (χ2n) is 6.07. The quantitative estimate of drug-likeness (QED) is 0.790. The lowest BCUT2D eigenvalue weighted by molar-refractivity contribution is 0.464. The van der Waals surface area contributed by atoms with E-state index in [-0.39, 0.29) is 0 Å². The summed E-state index contributed by atoms with van der Waals surface area (Å²) in [7, 11) is 0. The zero-order valence-corrected chi connectivity index (χ0v) is 13.5. The fourth-order valence-corrected chi connectivity index (χ4v) is 3.15. The molecule has 1 saturated heterocycles. The molecule has 0 bridgehead atoms. The molecular formula is C19H20N4O. The van der Waals surface area contributed by atoms with E-state index in [1.165, 1.54) is 31.0 Å². The first kappa shape index (κ1) is 14.8. The third kappa shape index (κ3) is 2.85. The van der Waals surface area contributed by atoms with E-state index in [2.05, 4.69) is 27.0 Å². The van der Waals surface area contributed by atoms with Crippen LogP contribution in [-0.4, -0.2) is 23.1 Å². The summed E-state index contributed by atoms with van der Waals surface area (Å²) in [5, 5.41) is 2.30. The molecule has 1 aliphatic rings. The van der Waals surface area contributed by atoms with E-state index in [1.54, 1.807) is 0 Å². The van der Waals surface area contributed by atoms with Crippen LogP contribution in [0.4, 0.5) is 11.5 Å². The number of rotatable bonds is 3. The van der Waals surface area contributed by atoms with E-state index in [0.29, 0.717) is 11.6 Å². The molecule has 1 aromatic heterocycles. The molecule has 3 aromatic rings. The topological polar surface area (TPSA) is 64.3 Å². The molecule has 5 heteroatoms. The third-order valence-electron chi connectivity index (χ3n) is 4.42. The molecule has 0 amide bonds. The normalized spacial score (nSPS) is 14.8. The number of anilines is 2. The van der Waals surface area contributed by atoms with Gasteiger partial charge < -0.3 is 15.4 Å². The van der Waals surface area contributed by atoms with E-state index in [4.69, 9.17) is 10.5 Å². The highest BCUT2D eigenvalue weighted by molar-refractivity contribution is 5.83. The summed E-state index contributed by atoms with van der Waals surface area (Å²) in [6.45, 7) is 1.97. The summed E-state index contributed by atoms with van der Waals surface area (Å²) in [4.78, 5) is 10.8. The first-order valence-electron chi connectivity index (χ1n) is 8.33. The average molecular weight is 320 g/mol. The van der Waals surface area contributed by atoms with Crippen LogP contribution in [0.5, 0.6) is 11.6 Å². The zero-order valence-electron chi connectivity index (χ0n) is 13.5. The Hall–Kier alpha value is -2.82. The predicted molar refractivity (Wildman–Crippen MR) is 96.5 cm³/mol. The minimum absolute atomic E-state index is 0.417. The fraction of sp³-hybridized carbons (Fsp3) is 0.263. The highest BCUT2D eigenvalue weighted by Gasteiger charge is 2.18. The third-order valence-corrected chi connectivity index (χ3v) is 4.42. The van der Waals surface area contributed by atoms with Crippen molar-refractivity contribution in [2.45, 2.75) is 19.3 Å². The maximum Gasteiger partial charge on any atom is 0.248 e. The van der Waals surface area contributed by atoms with Crippen molar-refractivity contribution in [3.05, 3.63) is 48.8 Å². The lowest BCUT2D eigenvalue weighted by Gasteiger charge is -2.28. The summed E-state index contributed by atoms with van der Waals surface area (Å²) < 4.78 is 5.95. The van der Waals surface area contributed by atoms with Crippen LogP contribution in [0, 0.1) is 0 Å². The molecule has 5 nitrogen and oxygen atoms in total. The Kier molecular flexibility index (Phi) is 3.91. The second kappa shape index (κ2) is 6.35. The van der Waals surface area contributed by atoms with Crippen LogP contribution in [0.25, 0.3) is 10.8 Å². The van der Waals surface area contributed by atoms with E-state index < -0.39 is 0 Å². The van der Waals surface area contributed by atoms with Gasteiger partial charge in [0.2, 0.25) is 5.88 Å². The van der Waals surface area contributed by atoms with E-state index in [1.807, 2.05) is 30.3 Å². The smallest absolute Gasteiger partial charge is 0.248 e. The number of nitrogen functional groups attached to an aromatic ring is 1. The molecule has 0 atom stereocenters. The number of nitrogens with zero attached hydrogens (tertiary/aromatic N) is 3. The first-order valence-corrected chi connectivity index (χ1v) is 8.33. The number of nitrogens with two attached hydrogens (primary N) is 1. The van der Waals surface area contributed by atoms with Crippen LogP contribution >= 0.6 is 0 Å². The van der Waals surface area contributed by atoms with Crippen molar-refractivity contribution in [1.82, 2.24) is 9.97 Å². The Balaban J connectivity index is 1.63. The number of aromatic nitrogens is 2. The molecule has 0 unspecified atom stereocenters. The predicted octanol–water partition coefficient (Wildman–Crippen LogP) is 3.99. The van der Waals surface area contributed by atoms with Gasteiger partial charge in [-0.2, -0.15) is 4.98 Å². The summed E-state index contributed by atoms with van der Waals surface area (Å²) in [5.74, 6) is 1.92. The van der Waals surface area contributed by atoms with Gasteiger partial charge in [0.15, 0.2) is 5.82 Å². The average Bonchev–Trinajstić information content (AvgIpc) is 2.64. The summed E-state index contributed by atoms with van der Waals surface area (Å²) >= 11 is 0. The number of piperidine rings is 1. The molecule has 0 aliphatic carbocycles. The SMILES string of the molecule is Nc1c(Oc2ccc3ccccc3c2)ncnc1N1CCCCC1. The van der Waals surface area contributed by atoms with Crippen LogP contribution in [0.2, 0.25) is 0 Å². The molecule has 2 N–H and O–H groups in total. The van der Waals surface area contributed by atoms with Gasteiger partial charge in [-0.25, -0.2) is 4.98 Å². The number of benzene rings is 2. The highest BCUT2D eigenvalue weighted by atomic mass is 16.5. The van der Waals surface area contributed by atoms with Crippen LogP contribution in [-0.2, 0) is 0 Å². The largest absolute Gasteiger partial charge is 0.437 e. The van der Waals surface area contributed by atoms with Gasteiger partial charge in [0, 0.05) is 13.1 Å². The Morgan fingerprint density at radius 2 is 1.71 bits per heavy atom. The molecule has 0 radical (unpaired) electrons. The molecule has 1 fully saturated rings. The van der Waals surface area contributed by atoms with Crippen molar-refractivity contribution in [3.63, 3.8) is 0 Å². The summed E-state index contributed by atoms with van der Waals surface area (Å²) in [5.41, 5.74) is 6.79. The number of fused-ring (bicyclic) bond motifs is 1. The summed E-state index contributed by atoms with van der Waals surface area (Å²) in [6, 6.07) is 14.1. The van der Waals surface area contributed by atoms with Gasteiger partial charge in [-0.1, -0.05) is 30.3 Å². The Bertz CT molecular complexity index is 859. The van der Waals surface area contributed by atoms with Crippen molar-refractivity contribution in [1.29, 1.82) is 0 Å². The molecular weight excluding hydrogens is 300 g/mol. The van der Waals surface area contributed by atoms with E-state index in [9.17, 15) is 0 Å². The molecule has 2 heterocycles. The monoisotopic (exact) mass is 320 g/mol. The van der Waals surface area contributed by atoms with Crippen LogP contribution in [0.3, 0.4) is 0 Å². The molecule has 2 aromatic carbocycles. The molecule has 122 valence electrons. The van der Waals surface area contributed by atoms with Crippen LogP contribution < -0.4 is 15.4 Å². The van der Waals surface area contributed by atoms with E-state index >= 15 is 0 Å². The van der Waals surface area contributed by atoms with Crippen LogP contribution in [0.15, 0.2) is 48.8 Å². The molecule has 4 rings (SSSR count). The van der Waals surface area contributed by atoms with Crippen molar-refractivity contribution in [2.75, 3.05) is 23.7 Å². The van der Waals surface area contributed by atoms with Crippen molar-refractivity contribution in [2.24, 2.45) is 0 Å². The fourth-order valence-electron chi connectivity index (χ4n) is 3.15. The molecule has 1 aliphatic heterocycles. The van der Waals surface area contributed by atoms with Gasteiger partial charge in [0.05, 0.1) is 0 Å². The Labute approximate surface area is 141 Å². The maximum atomic E-state index is 6.28. The lowest BCUT2D eigenvalue weighted by Crippen LogP contribution is -2.31. The standard InChI is InChI=1S/C19H20N4O/c20-17-18(23-10-4-1-5-11-23)21-13-22-19(17)24-16-9-8-14-6-2-3-7-15(14)12-16/h2-3,6-9,12-13H,1,4-5,10-11,20H2. The van der Waals surface area contributed by atoms with Gasteiger partial charge in [-0.05, 0) is 42.2 Å². The molecule has 0 saturated carbocycles. The number of hydrogen-bond acceptors (Lipinski definition) is 5. The van der Waals surface area contributed by atoms with Gasteiger partial charge in [0.1, 0.15) is 17.8 Å². The molecule has 24 heavy (non-hydrogen) atoms. The van der Waals surface area contributed by atoms with Gasteiger partial charge in [0.25, 0.3) is 0 Å². The summed E-state index contributed by atoms with van der Waals surface area (Å²) in [6.07, 6.45) is 5.13. The van der Waals surface area contributed by atoms with Crippen molar-refractivity contribution in [3.8, 4) is 11.6 Å². The van der Waals surface area contributed by atoms with Crippen molar-refractivity contribution >= 4 is 22.3 Å². The van der Waals surface area contributed by atoms with Gasteiger partial charge in [-0.3, -0.25) is 0 Å². The number of ether oxygens (including phenoxy) is 1. The zero-order chi connectivity index (χ0) is 16.4. The highest BCUT2D eigenvalue weighted by Crippen LogP contribution is 2.33. The minimum Gasteiger partial charge on any atom is -0.437 e. The maximum absolute atomic E-state index is 6.28. The molecule has 0 spiro atoms. The first-order chi connectivity index (χ1) is 11.8. The lowest BCUT2D eigenvalue weighted by atomic mass is 10.1. The second-order valence-corrected chi connectivity index (χ2v) is 6.07. The number of hydrogen-bond donors (Lipinski definition) is 1. The van der Waals surface area contributed by atoms with Crippen molar-refractivity contribution < 1.29 is 4.74 Å². The Morgan fingerprint density at radius 1 is 0.917 bits per heavy atom. The Morgan fingerprint density at radius 3 is 2.54 bits per heavy atom. The minimum atomic E-state index is 0.417. The van der Waals surface area contributed by atoms with E-state index in [0.717, 1.165) is 30.0 Å². The van der Waals surface area contributed by atoms with Gasteiger partial charge in [-0.15, -0.1) is 0 Å².